The molecule has 1 N–H and O–H groups in total. The summed E-state index contributed by atoms with van der Waals surface area (Å²) in [6, 6.07) is 10.8. The molecule has 3 heteroatoms. The van der Waals surface area contributed by atoms with Gasteiger partial charge in [0.15, 0.2) is 0 Å². The van der Waals surface area contributed by atoms with Crippen molar-refractivity contribution in [2.45, 2.75) is 26.3 Å². The fraction of sp³-hybridized carbons (Fsp3) is 0.267. The van der Waals surface area contributed by atoms with Crippen molar-refractivity contribution in [2.24, 2.45) is 0 Å². The molecule has 2 aromatic rings. The smallest absolute Gasteiger partial charge is 0.0820 e. The van der Waals surface area contributed by atoms with Crippen molar-refractivity contribution in [1.29, 1.82) is 0 Å². The Hall–Kier alpha value is -1.54. The minimum atomic E-state index is 0.218. The van der Waals surface area contributed by atoms with Gasteiger partial charge in [-0.25, -0.2) is 0 Å². The number of aryl methyl sites for hydroxylation is 1. The zero-order chi connectivity index (χ0) is 13.0. The van der Waals surface area contributed by atoms with Crippen molar-refractivity contribution in [3.05, 3.63) is 58.9 Å². The fourth-order valence-electron chi connectivity index (χ4n) is 1.85. The first-order chi connectivity index (χ1) is 8.70. The molecule has 1 aromatic carbocycles. The number of hydrogen-bond donors (Lipinski definition) is 1. The van der Waals surface area contributed by atoms with Gasteiger partial charge in [-0.15, -0.1) is 0 Å². The summed E-state index contributed by atoms with van der Waals surface area (Å²) < 4.78 is 0. The second-order valence-corrected chi connectivity index (χ2v) is 4.72. The van der Waals surface area contributed by atoms with Gasteiger partial charge in [0.05, 0.1) is 10.7 Å². The third kappa shape index (κ3) is 3.02. The van der Waals surface area contributed by atoms with Crippen LogP contribution < -0.4 is 5.32 Å². The minimum Gasteiger partial charge on any atom is -0.377 e. The molecule has 0 spiro atoms. The molecule has 0 aliphatic carbocycles. The Morgan fingerprint density at radius 1 is 1.22 bits per heavy atom. The quantitative estimate of drug-likeness (QED) is 0.877. The van der Waals surface area contributed by atoms with Crippen molar-refractivity contribution < 1.29 is 0 Å². The van der Waals surface area contributed by atoms with Crippen molar-refractivity contribution in [2.75, 3.05) is 5.32 Å². The lowest BCUT2D eigenvalue weighted by Gasteiger charge is -2.16. The topological polar surface area (TPSA) is 24.9 Å². The molecule has 2 nitrogen and oxygen atoms in total. The average Bonchev–Trinajstić information content (AvgIpc) is 2.41. The normalized spacial score (nSPS) is 12.2. The molecule has 2 rings (SSSR count). The van der Waals surface area contributed by atoms with Gasteiger partial charge >= 0.3 is 0 Å². The van der Waals surface area contributed by atoms with Gasteiger partial charge in [0.2, 0.25) is 0 Å². The Balaban J connectivity index is 2.11. The van der Waals surface area contributed by atoms with Crippen molar-refractivity contribution in [3.63, 3.8) is 0 Å². The summed E-state index contributed by atoms with van der Waals surface area (Å²) in [6.07, 6.45) is 4.45. The molecule has 0 amide bonds. The molecular weight excluding hydrogens is 244 g/mol. The van der Waals surface area contributed by atoms with E-state index in [9.17, 15) is 0 Å². The van der Waals surface area contributed by atoms with Gasteiger partial charge < -0.3 is 5.32 Å². The predicted molar refractivity (Wildman–Crippen MR) is 77.1 cm³/mol. The average molecular weight is 261 g/mol. The van der Waals surface area contributed by atoms with E-state index in [1.54, 1.807) is 12.4 Å². The van der Waals surface area contributed by atoms with Crippen LogP contribution in [0, 0.1) is 0 Å². The summed E-state index contributed by atoms with van der Waals surface area (Å²) in [4.78, 5) is 3.98. The molecule has 0 fully saturated rings. The van der Waals surface area contributed by atoms with E-state index in [1.807, 2.05) is 6.07 Å². The van der Waals surface area contributed by atoms with E-state index in [4.69, 9.17) is 11.6 Å². The van der Waals surface area contributed by atoms with Crippen LogP contribution in [0.3, 0.4) is 0 Å². The molecule has 0 aliphatic rings. The minimum absolute atomic E-state index is 0.218. The Morgan fingerprint density at radius 3 is 2.56 bits per heavy atom. The highest BCUT2D eigenvalue weighted by Gasteiger charge is 2.07. The van der Waals surface area contributed by atoms with Crippen LogP contribution in [-0.4, -0.2) is 4.98 Å². The number of anilines is 1. The molecule has 1 heterocycles. The highest BCUT2D eigenvalue weighted by molar-refractivity contribution is 6.33. The standard InChI is InChI=1S/C15H17ClN2/c1-3-12-4-6-13(7-5-12)11(2)18-15-8-9-17-10-14(15)16/h4-11H,3H2,1-2H3,(H,17,18). The number of hydrogen-bond acceptors (Lipinski definition) is 2. The van der Waals surface area contributed by atoms with Crippen LogP contribution in [0.2, 0.25) is 5.02 Å². The number of rotatable bonds is 4. The number of aromatic nitrogens is 1. The van der Waals surface area contributed by atoms with Crippen LogP contribution in [0.15, 0.2) is 42.7 Å². The molecule has 0 radical (unpaired) electrons. The van der Waals surface area contributed by atoms with Gasteiger partial charge in [-0.2, -0.15) is 0 Å². The third-order valence-electron chi connectivity index (χ3n) is 3.03. The lowest BCUT2D eigenvalue weighted by Crippen LogP contribution is -2.07. The van der Waals surface area contributed by atoms with Crippen LogP contribution in [-0.2, 0) is 6.42 Å². The second-order valence-electron chi connectivity index (χ2n) is 4.32. The van der Waals surface area contributed by atoms with Crippen LogP contribution in [0.4, 0.5) is 5.69 Å². The van der Waals surface area contributed by atoms with E-state index < -0.39 is 0 Å². The highest BCUT2D eigenvalue weighted by Crippen LogP contribution is 2.25. The Morgan fingerprint density at radius 2 is 1.94 bits per heavy atom. The first-order valence-corrected chi connectivity index (χ1v) is 6.53. The summed E-state index contributed by atoms with van der Waals surface area (Å²) in [7, 11) is 0. The predicted octanol–water partition coefficient (Wildman–Crippen LogP) is 4.47. The van der Waals surface area contributed by atoms with Gasteiger partial charge in [-0.1, -0.05) is 42.8 Å². The lowest BCUT2D eigenvalue weighted by molar-refractivity contribution is 0.882. The van der Waals surface area contributed by atoms with E-state index >= 15 is 0 Å². The molecule has 18 heavy (non-hydrogen) atoms. The summed E-state index contributed by atoms with van der Waals surface area (Å²) in [5, 5.41) is 4.04. The first-order valence-electron chi connectivity index (χ1n) is 6.15. The molecule has 0 bridgehead atoms. The van der Waals surface area contributed by atoms with Gasteiger partial charge in [-0.3, -0.25) is 4.98 Å². The fourth-order valence-corrected chi connectivity index (χ4v) is 2.02. The Bertz CT molecular complexity index is 508. The number of nitrogens with one attached hydrogen (secondary N) is 1. The van der Waals surface area contributed by atoms with Crippen LogP contribution in [0.25, 0.3) is 0 Å². The van der Waals surface area contributed by atoms with E-state index in [1.165, 1.54) is 11.1 Å². The monoisotopic (exact) mass is 260 g/mol. The molecule has 94 valence electrons. The maximum absolute atomic E-state index is 6.08. The van der Waals surface area contributed by atoms with Crippen molar-refractivity contribution in [3.8, 4) is 0 Å². The van der Waals surface area contributed by atoms with Gasteiger partial charge in [-0.05, 0) is 30.5 Å². The first kappa shape index (κ1) is 12.9. The summed E-state index contributed by atoms with van der Waals surface area (Å²) in [6.45, 7) is 4.28. The van der Waals surface area contributed by atoms with E-state index in [0.29, 0.717) is 5.02 Å². The van der Waals surface area contributed by atoms with Gasteiger partial charge in [0.1, 0.15) is 0 Å². The molecule has 0 saturated heterocycles. The molecule has 0 aliphatic heterocycles. The number of nitrogens with zero attached hydrogens (tertiary/aromatic N) is 1. The van der Waals surface area contributed by atoms with Gasteiger partial charge in [0, 0.05) is 18.4 Å². The summed E-state index contributed by atoms with van der Waals surface area (Å²) in [5.74, 6) is 0. The molecular formula is C15H17ClN2. The van der Waals surface area contributed by atoms with E-state index in [-0.39, 0.29) is 6.04 Å². The van der Waals surface area contributed by atoms with Crippen molar-refractivity contribution >= 4 is 17.3 Å². The maximum Gasteiger partial charge on any atom is 0.0820 e. The number of pyridine rings is 1. The zero-order valence-electron chi connectivity index (χ0n) is 10.7. The Labute approximate surface area is 113 Å². The van der Waals surface area contributed by atoms with Crippen molar-refractivity contribution in [1.82, 2.24) is 4.98 Å². The zero-order valence-corrected chi connectivity index (χ0v) is 11.4. The highest BCUT2D eigenvalue weighted by atomic mass is 35.5. The van der Waals surface area contributed by atoms with E-state index in [2.05, 4.69) is 48.4 Å². The SMILES string of the molecule is CCc1ccc(C(C)Nc2ccncc2Cl)cc1. The molecule has 1 atom stereocenters. The molecule has 0 saturated carbocycles. The number of benzene rings is 1. The molecule has 1 aromatic heterocycles. The Kier molecular flexibility index (Phi) is 4.21. The second kappa shape index (κ2) is 5.87. The molecule has 1 unspecified atom stereocenters. The van der Waals surface area contributed by atoms with Gasteiger partial charge in [0.25, 0.3) is 0 Å². The maximum atomic E-state index is 6.08. The number of halogens is 1. The third-order valence-corrected chi connectivity index (χ3v) is 3.33. The van der Waals surface area contributed by atoms with E-state index in [0.717, 1.165) is 12.1 Å². The largest absolute Gasteiger partial charge is 0.377 e. The van der Waals surface area contributed by atoms with Crippen LogP contribution in [0.1, 0.15) is 31.0 Å². The van der Waals surface area contributed by atoms with Crippen LogP contribution >= 0.6 is 11.6 Å². The van der Waals surface area contributed by atoms with Crippen LogP contribution in [0.5, 0.6) is 0 Å². The summed E-state index contributed by atoms with van der Waals surface area (Å²) >= 11 is 6.08. The lowest BCUT2D eigenvalue weighted by atomic mass is 10.0. The summed E-state index contributed by atoms with van der Waals surface area (Å²) in [5.41, 5.74) is 3.52.